The molecule has 1 aliphatic rings. The Morgan fingerprint density at radius 1 is 0.969 bits per heavy atom. The van der Waals surface area contributed by atoms with Crippen molar-refractivity contribution < 1.29 is 9.59 Å². The number of nitrogens with zero attached hydrogens (tertiary/aromatic N) is 1. The van der Waals surface area contributed by atoms with Gasteiger partial charge >= 0.3 is 0 Å². The Kier molecular flexibility index (Phi) is 6.83. The lowest BCUT2D eigenvalue weighted by molar-refractivity contribution is -0.122. The Bertz CT molecular complexity index is 1170. The number of nitrogens with one attached hydrogen (secondary N) is 1. The van der Waals surface area contributed by atoms with Crippen LogP contribution in [0.5, 0.6) is 0 Å². The van der Waals surface area contributed by atoms with Gasteiger partial charge in [-0.2, -0.15) is 0 Å². The van der Waals surface area contributed by atoms with Gasteiger partial charge in [-0.05, 0) is 41.8 Å². The van der Waals surface area contributed by atoms with Crippen molar-refractivity contribution in [2.24, 2.45) is 0 Å². The van der Waals surface area contributed by atoms with Crippen LogP contribution in [-0.4, -0.2) is 27.6 Å². The van der Waals surface area contributed by atoms with Gasteiger partial charge in [0.15, 0.2) is 0 Å². The highest BCUT2D eigenvalue weighted by atomic mass is 32.2. The lowest BCUT2D eigenvalue weighted by atomic mass is 10.0. The van der Waals surface area contributed by atoms with Gasteiger partial charge < -0.3 is 5.32 Å². The van der Waals surface area contributed by atoms with Crippen LogP contribution in [0, 0.1) is 6.92 Å². The number of carbonyl (C=O) groups excluding carboxylic acids is 2. The predicted molar refractivity (Wildman–Crippen MR) is 136 cm³/mol. The number of aryl methyl sites for hydroxylation is 1. The first-order chi connectivity index (χ1) is 15.5. The molecule has 0 spiro atoms. The van der Waals surface area contributed by atoms with Crippen LogP contribution in [0.4, 0.5) is 5.69 Å². The van der Waals surface area contributed by atoms with Gasteiger partial charge in [0.1, 0.15) is 4.32 Å². The molecule has 0 aromatic heterocycles. The molecular weight excluding hydrogens is 436 g/mol. The number of hydrogen-bond acceptors (Lipinski definition) is 4. The van der Waals surface area contributed by atoms with E-state index in [-0.39, 0.29) is 24.8 Å². The van der Waals surface area contributed by atoms with Crippen molar-refractivity contribution in [3.8, 4) is 11.1 Å². The van der Waals surface area contributed by atoms with E-state index in [0.29, 0.717) is 9.23 Å². The minimum Gasteiger partial charge on any atom is -0.326 e. The fourth-order valence-corrected chi connectivity index (χ4v) is 4.63. The summed E-state index contributed by atoms with van der Waals surface area (Å²) in [4.78, 5) is 27.2. The Balaban J connectivity index is 1.37. The topological polar surface area (TPSA) is 49.4 Å². The van der Waals surface area contributed by atoms with Gasteiger partial charge in [-0.3, -0.25) is 14.5 Å². The van der Waals surface area contributed by atoms with Crippen LogP contribution in [0.15, 0.2) is 83.8 Å². The average Bonchev–Trinajstić information content (AvgIpc) is 3.07. The zero-order chi connectivity index (χ0) is 22.5. The van der Waals surface area contributed by atoms with Gasteiger partial charge in [-0.15, -0.1) is 0 Å². The molecule has 0 unspecified atom stereocenters. The zero-order valence-corrected chi connectivity index (χ0v) is 19.2. The van der Waals surface area contributed by atoms with Gasteiger partial charge in [-0.1, -0.05) is 96.3 Å². The van der Waals surface area contributed by atoms with E-state index in [9.17, 15) is 9.59 Å². The number of hydrogen-bond donors (Lipinski definition) is 1. The van der Waals surface area contributed by atoms with Crippen LogP contribution >= 0.6 is 24.0 Å². The third kappa shape index (κ3) is 5.33. The third-order valence-electron chi connectivity index (χ3n) is 5.09. The molecule has 0 bridgehead atoms. The number of rotatable bonds is 6. The number of anilines is 1. The van der Waals surface area contributed by atoms with E-state index in [0.717, 1.165) is 27.9 Å². The molecule has 0 aliphatic carbocycles. The van der Waals surface area contributed by atoms with Crippen molar-refractivity contribution in [1.29, 1.82) is 0 Å². The number of thiocarbonyl (C=S) groups is 1. The zero-order valence-electron chi connectivity index (χ0n) is 17.6. The highest BCUT2D eigenvalue weighted by Gasteiger charge is 2.32. The summed E-state index contributed by atoms with van der Waals surface area (Å²) >= 11 is 6.66. The number of carbonyl (C=O) groups is 2. The van der Waals surface area contributed by atoms with Crippen LogP contribution in [-0.2, 0) is 9.59 Å². The predicted octanol–water partition coefficient (Wildman–Crippen LogP) is 5.89. The average molecular weight is 459 g/mol. The lowest BCUT2D eigenvalue weighted by Crippen LogP contribution is -2.31. The normalized spacial score (nSPS) is 14.8. The minimum absolute atomic E-state index is 0.150. The molecule has 1 aliphatic heterocycles. The van der Waals surface area contributed by atoms with E-state index in [1.165, 1.54) is 16.7 Å². The van der Waals surface area contributed by atoms with Crippen LogP contribution in [0.25, 0.3) is 17.2 Å². The SMILES string of the molecule is Cc1ccc(NC(=O)CCN2C(=O)/C(=C/c3ccc(-c4ccccc4)cc3)SC2=S)cc1. The molecule has 6 heteroatoms. The molecule has 3 aromatic rings. The summed E-state index contributed by atoms with van der Waals surface area (Å²) in [6, 6.07) is 25.8. The summed E-state index contributed by atoms with van der Waals surface area (Å²) < 4.78 is 0.477. The Hall–Kier alpha value is -3.22. The molecule has 3 aromatic carbocycles. The lowest BCUT2D eigenvalue weighted by Gasteiger charge is -2.14. The van der Waals surface area contributed by atoms with Crippen molar-refractivity contribution in [3.63, 3.8) is 0 Å². The van der Waals surface area contributed by atoms with E-state index in [4.69, 9.17) is 12.2 Å². The summed E-state index contributed by atoms with van der Waals surface area (Å²) in [6.07, 6.45) is 2.03. The van der Waals surface area contributed by atoms with Gasteiger partial charge in [0.25, 0.3) is 5.91 Å². The third-order valence-corrected chi connectivity index (χ3v) is 6.46. The maximum atomic E-state index is 12.8. The highest BCUT2D eigenvalue weighted by molar-refractivity contribution is 8.26. The summed E-state index contributed by atoms with van der Waals surface area (Å²) in [6.45, 7) is 2.25. The second kappa shape index (κ2) is 9.94. The Morgan fingerprint density at radius 2 is 1.62 bits per heavy atom. The molecule has 4 nitrogen and oxygen atoms in total. The molecule has 0 saturated carbocycles. The van der Waals surface area contributed by atoms with Crippen LogP contribution in [0.3, 0.4) is 0 Å². The summed E-state index contributed by atoms with van der Waals surface area (Å²) in [5.41, 5.74) is 5.07. The molecule has 0 radical (unpaired) electrons. The fourth-order valence-electron chi connectivity index (χ4n) is 3.32. The van der Waals surface area contributed by atoms with Crippen LogP contribution in [0.1, 0.15) is 17.5 Å². The molecule has 1 N–H and O–H groups in total. The van der Waals surface area contributed by atoms with E-state index < -0.39 is 0 Å². The molecule has 0 atom stereocenters. The highest BCUT2D eigenvalue weighted by Crippen LogP contribution is 2.33. The second-order valence-corrected chi connectivity index (χ2v) is 9.16. The van der Waals surface area contributed by atoms with Crippen molar-refractivity contribution in [2.75, 3.05) is 11.9 Å². The molecule has 1 heterocycles. The molecule has 4 rings (SSSR count). The maximum absolute atomic E-state index is 12.8. The first-order valence-corrected chi connectivity index (χ1v) is 11.5. The molecule has 1 fully saturated rings. The van der Waals surface area contributed by atoms with E-state index in [1.54, 1.807) is 0 Å². The molecule has 32 heavy (non-hydrogen) atoms. The molecular formula is C26H22N2O2S2. The van der Waals surface area contributed by atoms with Crippen molar-refractivity contribution in [1.82, 2.24) is 4.90 Å². The van der Waals surface area contributed by atoms with Crippen molar-refractivity contribution in [2.45, 2.75) is 13.3 Å². The summed E-state index contributed by atoms with van der Waals surface area (Å²) in [5.74, 6) is -0.307. The summed E-state index contributed by atoms with van der Waals surface area (Å²) in [7, 11) is 0. The second-order valence-electron chi connectivity index (χ2n) is 7.49. The molecule has 2 amide bonds. The molecule has 1 saturated heterocycles. The van der Waals surface area contributed by atoms with E-state index in [1.807, 2.05) is 79.7 Å². The van der Waals surface area contributed by atoms with E-state index >= 15 is 0 Å². The first kappa shape index (κ1) is 22.0. The Labute approximate surface area is 197 Å². The fraction of sp³-hybridized carbons (Fsp3) is 0.115. The van der Waals surface area contributed by atoms with Crippen LogP contribution in [0.2, 0.25) is 0 Å². The van der Waals surface area contributed by atoms with Crippen LogP contribution < -0.4 is 5.32 Å². The monoisotopic (exact) mass is 458 g/mol. The maximum Gasteiger partial charge on any atom is 0.266 e. The first-order valence-electron chi connectivity index (χ1n) is 10.3. The van der Waals surface area contributed by atoms with Gasteiger partial charge in [-0.25, -0.2) is 0 Å². The quantitative estimate of drug-likeness (QED) is 0.370. The summed E-state index contributed by atoms with van der Waals surface area (Å²) in [5, 5.41) is 2.85. The largest absolute Gasteiger partial charge is 0.326 e. The van der Waals surface area contributed by atoms with Crippen molar-refractivity contribution >= 4 is 51.9 Å². The smallest absolute Gasteiger partial charge is 0.266 e. The standard InChI is InChI=1S/C26H22N2O2S2/c1-18-7-13-22(14-8-18)27-24(29)15-16-28-25(30)23(32-26(28)31)17-19-9-11-21(12-10-19)20-5-3-2-4-6-20/h2-14,17H,15-16H2,1H3,(H,27,29)/b23-17-. The Morgan fingerprint density at radius 3 is 2.31 bits per heavy atom. The van der Waals surface area contributed by atoms with Crippen molar-refractivity contribution in [3.05, 3.63) is 94.9 Å². The van der Waals surface area contributed by atoms with Gasteiger partial charge in [0.05, 0.1) is 4.91 Å². The number of thioether (sulfide) groups is 1. The van der Waals surface area contributed by atoms with Gasteiger partial charge in [0, 0.05) is 18.7 Å². The van der Waals surface area contributed by atoms with E-state index in [2.05, 4.69) is 17.4 Å². The molecule has 160 valence electrons. The number of amides is 2. The van der Waals surface area contributed by atoms with Gasteiger partial charge in [0.2, 0.25) is 5.91 Å². The minimum atomic E-state index is -0.157. The number of benzene rings is 3.